The van der Waals surface area contributed by atoms with Crippen LogP contribution in [0, 0.1) is 20.8 Å². The Labute approximate surface area is 83.0 Å². The summed E-state index contributed by atoms with van der Waals surface area (Å²) in [7, 11) is 1.89. The third-order valence-electron chi connectivity index (χ3n) is 2.44. The zero-order valence-electron chi connectivity index (χ0n) is 8.92. The van der Waals surface area contributed by atoms with Gasteiger partial charge in [0.2, 0.25) is 0 Å². The van der Waals surface area contributed by atoms with Crippen LogP contribution in [0.5, 0.6) is 0 Å². The van der Waals surface area contributed by atoms with Crippen LogP contribution in [0.1, 0.15) is 17.1 Å². The van der Waals surface area contributed by atoms with Crippen LogP contribution in [0.25, 0.3) is 11.0 Å². The maximum Gasteiger partial charge on any atom is 0.125 e. The predicted octanol–water partition coefficient (Wildman–Crippen LogP) is 1.53. The highest BCUT2D eigenvalue weighted by atomic mass is 15.4. The normalized spacial score (nSPS) is 10.9. The number of nitrogens with one attached hydrogen (secondary N) is 1. The number of hydrogen-bond donors (Lipinski definition) is 1. The predicted molar refractivity (Wildman–Crippen MR) is 57.0 cm³/mol. The first-order valence-corrected chi connectivity index (χ1v) is 4.64. The number of rotatable bonds is 1. The molecule has 74 valence electrons. The van der Waals surface area contributed by atoms with Gasteiger partial charge in [0.05, 0.1) is 11.2 Å². The smallest absolute Gasteiger partial charge is 0.125 e. The van der Waals surface area contributed by atoms with E-state index < -0.39 is 0 Å². The van der Waals surface area contributed by atoms with Crippen molar-refractivity contribution >= 4 is 11.0 Å². The quantitative estimate of drug-likeness (QED) is 0.741. The van der Waals surface area contributed by atoms with Crippen LogP contribution in [0.3, 0.4) is 0 Å². The van der Waals surface area contributed by atoms with Gasteiger partial charge in [-0.3, -0.25) is 4.98 Å². The van der Waals surface area contributed by atoms with Crippen molar-refractivity contribution in [3.63, 3.8) is 0 Å². The van der Waals surface area contributed by atoms with E-state index in [0.29, 0.717) is 0 Å². The largest absolute Gasteiger partial charge is 0.327 e. The summed E-state index contributed by atoms with van der Waals surface area (Å²) in [5.74, 6) is 0.960. The zero-order valence-corrected chi connectivity index (χ0v) is 8.92. The second-order valence-corrected chi connectivity index (χ2v) is 3.44. The number of imidazole rings is 1. The fourth-order valence-corrected chi connectivity index (χ4v) is 1.74. The SMILES string of the molecule is CNn1c(C)nc2c(C)ncc(C)c21. The Morgan fingerprint density at radius 2 is 2.00 bits per heavy atom. The summed E-state index contributed by atoms with van der Waals surface area (Å²) < 4.78 is 1.99. The lowest BCUT2D eigenvalue weighted by Crippen LogP contribution is -2.11. The molecule has 2 aromatic heterocycles. The maximum atomic E-state index is 4.48. The third kappa shape index (κ3) is 1.07. The summed E-state index contributed by atoms with van der Waals surface area (Å²) in [4.78, 5) is 8.77. The molecule has 0 saturated heterocycles. The van der Waals surface area contributed by atoms with Crippen molar-refractivity contribution in [1.82, 2.24) is 14.6 Å². The fourth-order valence-electron chi connectivity index (χ4n) is 1.74. The number of nitrogens with zero attached hydrogens (tertiary/aromatic N) is 3. The molecule has 0 aliphatic carbocycles. The van der Waals surface area contributed by atoms with Crippen LogP contribution in [0.15, 0.2) is 6.20 Å². The molecule has 0 aromatic carbocycles. The first-order chi connectivity index (χ1) is 6.65. The third-order valence-corrected chi connectivity index (χ3v) is 2.44. The van der Waals surface area contributed by atoms with Gasteiger partial charge in [0, 0.05) is 13.2 Å². The van der Waals surface area contributed by atoms with Crippen LogP contribution >= 0.6 is 0 Å². The molecule has 2 rings (SSSR count). The van der Waals surface area contributed by atoms with Crippen LogP contribution in [0.4, 0.5) is 0 Å². The molecule has 0 amide bonds. The molecular formula is C10H14N4. The summed E-state index contributed by atoms with van der Waals surface area (Å²) in [5, 5.41) is 0. The molecular weight excluding hydrogens is 176 g/mol. The van der Waals surface area contributed by atoms with Crippen molar-refractivity contribution in [2.75, 3.05) is 12.5 Å². The lowest BCUT2D eigenvalue weighted by atomic mass is 10.2. The Morgan fingerprint density at radius 1 is 1.29 bits per heavy atom. The Balaban J connectivity index is 2.93. The number of aromatic nitrogens is 3. The van der Waals surface area contributed by atoms with E-state index in [1.54, 1.807) is 0 Å². The van der Waals surface area contributed by atoms with Crippen molar-refractivity contribution in [2.45, 2.75) is 20.8 Å². The van der Waals surface area contributed by atoms with E-state index >= 15 is 0 Å². The molecule has 4 nitrogen and oxygen atoms in total. The highest BCUT2D eigenvalue weighted by Gasteiger charge is 2.11. The van der Waals surface area contributed by atoms with E-state index in [1.807, 2.05) is 38.7 Å². The van der Waals surface area contributed by atoms with Crippen molar-refractivity contribution in [3.05, 3.63) is 23.3 Å². The zero-order chi connectivity index (χ0) is 10.3. The van der Waals surface area contributed by atoms with E-state index in [-0.39, 0.29) is 0 Å². The monoisotopic (exact) mass is 190 g/mol. The maximum absolute atomic E-state index is 4.48. The summed E-state index contributed by atoms with van der Waals surface area (Å²) in [5.41, 5.74) is 7.33. The minimum absolute atomic E-state index is 0.960. The molecule has 0 bridgehead atoms. The van der Waals surface area contributed by atoms with Crippen molar-refractivity contribution in [3.8, 4) is 0 Å². The Morgan fingerprint density at radius 3 is 2.64 bits per heavy atom. The molecule has 0 spiro atoms. The Hall–Kier alpha value is -1.58. The van der Waals surface area contributed by atoms with Crippen molar-refractivity contribution < 1.29 is 0 Å². The molecule has 0 atom stereocenters. The molecule has 0 saturated carbocycles. The Bertz CT molecular complexity index is 484. The van der Waals surface area contributed by atoms with Gasteiger partial charge in [-0.25, -0.2) is 9.66 Å². The first kappa shape index (κ1) is 8.99. The lowest BCUT2D eigenvalue weighted by Gasteiger charge is -2.06. The van der Waals surface area contributed by atoms with E-state index in [1.165, 1.54) is 0 Å². The van der Waals surface area contributed by atoms with E-state index in [0.717, 1.165) is 28.1 Å². The van der Waals surface area contributed by atoms with Crippen LogP contribution < -0.4 is 5.43 Å². The average molecular weight is 190 g/mol. The Kier molecular flexibility index (Phi) is 1.91. The van der Waals surface area contributed by atoms with Gasteiger partial charge in [-0.1, -0.05) is 0 Å². The molecule has 0 radical (unpaired) electrons. The van der Waals surface area contributed by atoms with E-state index in [9.17, 15) is 0 Å². The minimum Gasteiger partial charge on any atom is -0.327 e. The van der Waals surface area contributed by atoms with Crippen molar-refractivity contribution in [2.24, 2.45) is 0 Å². The average Bonchev–Trinajstić information content (AvgIpc) is 2.50. The van der Waals surface area contributed by atoms with Gasteiger partial charge < -0.3 is 5.43 Å². The first-order valence-electron chi connectivity index (χ1n) is 4.64. The van der Waals surface area contributed by atoms with Crippen molar-refractivity contribution in [1.29, 1.82) is 0 Å². The summed E-state index contributed by atoms with van der Waals surface area (Å²) in [6, 6.07) is 0. The molecule has 0 fully saturated rings. The number of aryl methyl sites for hydroxylation is 3. The molecule has 0 aliphatic heterocycles. The molecule has 0 aliphatic rings. The standard InChI is InChI=1S/C10H14N4/c1-6-5-12-7(2)9-10(6)14(11-4)8(3)13-9/h5,11H,1-4H3. The van der Waals surface area contributed by atoms with Crippen LogP contribution in [0.2, 0.25) is 0 Å². The molecule has 1 N–H and O–H groups in total. The van der Waals surface area contributed by atoms with Gasteiger partial charge in [0.25, 0.3) is 0 Å². The highest BCUT2D eigenvalue weighted by molar-refractivity contribution is 5.81. The summed E-state index contributed by atoms with van der Waals surface area (Å²) in [6.07, 6.45) is 1.88. The van der Waals surface area contributed by atoms with Gasteiger partial charge in [-0.2, -0.15) is 0 Å². The summed E-state index contributed by atoms with van der Waals surface area (Å²) in [6.45, 7) is 6.01. The molecule has 4 heteroatoms. The van der Waals surface area contributed by atoms with Gasteiger partial charge in [-0.05, 0) is 26.3 Å². The van der Waals surface area contributed by atoms with Gasteiger partial charge in [0.15, 0.2) is 0 Å². The molecule has 0 unspecified atom stereocenters. The fraction of sp³-hybridized carbons (Fsp3) is 0.400. The molecule has 14 heavy (non-hydrogen) atoms. The lowest BCUT2D eigenvalue weighted by molar-refractivity contribution is 0.893. The van der Waals surface area contributed by atoms with Crippen LogP contribution in [-0.4, -0.2) is 21.7 Å². The van der Waals surface area contributed by atoms with E-state index in [4.69, 9.17) is 0 Å². The number of pyridine rings is 1. The molecule has 2 aromatic rings. The van der Waals surface area contributed by atoms with Gasteiger partial charge in [-0.15, -0.1) is 0 Å². The number of hydrogen-bond acceptors (Lipinski definition) is 3. The second kappa shape index (κ2) is 2.97. The molecule has 2 heterocycles. The van der Waals surface area contributed by atoms with Gasteiger partial charge in [0.1, 0.15) is 11.3 Å². The van der Waals surface area contributed by atoms with Gasteiger partial charge >= 0.3 is 0 Å². The summed E-state index contributed by atoms with van der Waals surface area (Å²) >= 11 is 0. The minimum atomic E-state index is 0.960. The highest BCUT2D eigenvalue weighted by Crippen LogP contribution is 2.19. The number of fused-ring (bicyclic) bond motifs is 1. The topological polar surface area (TPSA) is 42.7 Å². The van der Waals surface area contributed by atoms with Crippen LogP contribution in [-0.2, 0) is 0 Å². The second-order valence-electron chi connectivity index (χ2n) is 3.44. The van der Waals surface area contributed by atoms with E-state index in [2.05, 4.69) is 15.4 Å².